The third-order valence-electron chi connectivity index (χ3n) is 5.99. The Morgan fingerprint density at radius 3 is 2.22 bits per heavy atom. The van der Waals surface area contributed by atoms with Gasteiger partial charge in [0.05, 0.1) is 11.4 Å². The van der Waals surface area contributed by atoms with Crippen molar-refractivity contribution < 1.29 is 28.5 Å². The number of hydrogen-bond donors (Lipinski definition) is 2. The molecular weight excluding hydrogens is 480 g/mol. The van der Waals surface area contributed by atoms with Gasteiger partial charge in [0.1, 0.15) is 11.9 Å². The highest BCUT2D eigenvalue weighted by atomic mass is 31.1. The Morgan fingerprint density at radius 2 is 1.75 bits per heavy atom. The molecule has 6 nitrogen and oxygen atoms in total. The third kappa shape index (κ3) is 4.94. The SMILES string of the molecule is C#CC(C(=O)Oc1c(C(C)C)nc(-c2ccccc2)c(CC)c1-c1ccc(F)cc1)(C(C)O)[P+](=O)O. The number of carbonyl (C=O) groups is 1. The Kier molecular flexibility index (Phi) is 8.37. The molecule has 36 heavy (non-hydrogen) atoms. The van der Waals surface area contributed by atoms with Crippen LogP contribution in [0.15, 0.2) is 54.6 Å². The van der Waals surface area contributed by atoms with Crippen LogP contribution in [0.3, 0.4) is 0 Å². The summed E-state index contributed by atoms with van der Waals surface area (Å²) in [6.45, 7) is 6.81. The molecule has 2 aromatic carbocycles. The molecule has 0 fully saturated rings. The molecule has 0 radical (unpaired) electrons. The lowest BCUT2D eigenvalue weighted by molar-refractivity contribution is -0.138. The lowest BCUT2D eigenvalue weighted by Crippen LogP contribution is -2.46. The van der Waals surface area contributed by atoms with Gasteiger partial charge in [0, 0.05) is 11.1 Å². The fourth-order valence-corrected chi connectivity index (χ4v) is 4.66. The summed E-state index contributed by atoms with van der Waals surface area (Å²) in [5.41, 5.74) is 3.72. The molecular formula is C28H28FNO5P+. The summed E-state index contributed by atoms with van der Waals surface area (Å²) in [4.78, 5) is 28.1. The lowest BCUT2D eigenvalue weighted by atomic mass is 9.90. The van der Waals surface area contributed by atoms with Gasteiger partial charge in [-0.15, -0.1) is 6.42 Å². The van der Waals surface area contributed by atoms with Gasteiger partial charge in [-0.1, -0.05) is 63.2 Å². The van der Waals surface area contributed by atoms with Crippen molar-refractivity contribution >= 4 is 14.0 Å². The maximum absolute atomic E-state index is 13.8. The van der Waals surface area contributed by atoms with Crippen LogP contribution in [-0.4, -0.2) is 32.2 Å². The number of hydrogen-bond acceptors (Lipinski definition) is 5. The second-order valence-corrected chi connectivity index (χ2v) is 9.91. The van der Waals surface area contributed by atoms with Crippen LogP contribution in [0.1, 0.15) is 44.9 Å². The quantitative estimate of drug-likeness (QED) is 0.233. The number of terminal acetylenes is 1. The van der Waals surface area contributed by atoms with Crippen molar-refractivity contribution in [3.8, 4) is 40.5 Å². The molecule has 0 spiro atoms. The van der Waals surface area contributed by atoms with E-state index in [9.17, 15) is 23.7 Å². The van der Waals surface area contributed by atoms with Crippen LogP contribution in [0.25, 0.3) is 22.4 Å². The predicted octanol–water partition coefficient (Wildman–Crippen LogP) is 5.63. The van der Waals surface area contributed by atoms with Gasteiger partial charge in [0.2, 0.25) is 0 Å². The molecule has 2 N–H and O–H groups in total. The smallest absolute Gasteiger partial charge is 0.419 e. The van der Waals surface area contributed by atoms with E-state index in [1.54, 1.807) is 12.1 Å². The Labute approximate surface area is 211 Å². The number of ether oxygens (including phenoxy) is 1. The second-order valence-electron chi connectivity index (χ2n) is 8.66. The Bertz CT molecular complexity index is 1320. The number of aromatic nitrogens is 1. The van der Waals surface area contributed by atoms with Gasteiger partial charge in [-0.2, -0.15) is 4.89 Å². The zero-order chi connectivity index (χ0) is 26.6. The zero-order valence-electron chi connectivity index (χ0n) is 20.5. The molecule has 0 aliphatic rings. The molecule has 1 heterocycles. The van der Waals surface area contributed by atoms with E-state index in [2.05, 4.69) is 0 Å². The molecule has 3 unspecified atom stereocenters. The van der Waals surface area contributed by atoms with Gasteiger partial charge in [0.15, 0.2) is 5.75 Å². The molecule has 0 saturated heterocycles. The van der Waals surface area contributed by atoms with Gasteiger partial charge in [0.25, 0.3) is 0 Å². The zero-order valence-corrected chi connectivity index (χ0v) is 21.4. The highest BCUT2D eigenvalue weighted by Crippen LogP contribution is 2.45. The number of pyridine rings is 1. The number of rotatable bonds is 8. The second kappa shape index (κ2) is 11.1. The molecule has 3 atom stereocenters. The molecule has 0 amide bonds. The summed E-state index contributed by atoms with van der Waals surface area (Å²) in [6, 6.07) is 15.2. The van der Waals surface area contributed by atoms with Gasteiger partial charge in [-0.25, -0.2) is 14.2 Å². The number of carbonyl (C=O) groups excluding carboxylic acids is 1. The molecule has 0 bridgehead atoms. The van der Waals surface area contributed by atoms with Crippen LogP contribution in [0, 0.1) is 18.2 Å². The molecule has 8 heteroatoms. The first-order chi connectivity index (χ1) is 17.1. The third-order valence-corrected chi connectivity index (χ3v) is 7.28. The van der Waals surface area contributed by atoms with E-state index in [0.717, 1.165) is 18.1 Å². The Hall–Kier alpha value is -3.43. The fraction of sp³-hybridized carbons (Fsp3) is 0.286. The Balaban J connectivity index is 2.40. The van der Waals surface area contributed by atoms with Gasteiger partial charge < -0.3 is 9.84 Å². The summed E-state index contributed by atoms with van der Waals surface area (Å²) in [5, 5.41) is 7.75. The molecule has 186 valence electrons. The predicted molar refractivity (Wildman–Crippen MR) is 137 cm³/mol. The lowest BCUT2D eigenvalue weighted by Gasteiger charge is -2.24. The van der Waals surface area contributed by atoms with Crippen molar-refractivity contribution in [3.05, 3.63) is 71.7 Å². The van der Waals surface area contributed by atoms with Crippen molar-refractivity contribution in [2.45, 2.75) is 51.3 Å². The molecule has 0 aliphatic carbocycles. The molecule has 0 saturated carbocycles. The summed E-state index contributed by atoms with van der Waals surface area (Å²) in [6.07, 6.45) is 4.29. The van der Waals surface area contributed by atoms with Crippen LogP contribution < -0.4 is 4.74 Å². The fourth-order valence-electron chi connectivity index (χ4n) is 4.03. The number of halogens is 1. The summed E-state index contributed by atoms with van der Waals surface area (Å²) in [5.74, 6) is 0.117. The molecule has 3 rings (SSSR count). The van der Waals surface area contributed by atoms with Gasteiger partial charge in [-0.3, -0.25) is 0 Å². The largest absolute Gasteiger partial charge is 0.540 e. The Morgan fingerprint density at radius 1 is 1.14 bits per heavy atom. The first kappa shape index (κ1) is 27.2. The van der Waals surface area contributed by atoms with Crippen LogP contribution in [0.5, 0.6) is 5.75 Å². The van der Waals surface area contributed by atoms with Crippen LogP contribution in [0.4, 0.5) is 4.39 Å². The van der Waals surface area contributed by atoms with Crippen LogP contribution in [-0.2, 0) is 15.8 Å². The van der Waals surface area contributed by atoms with E-state index in [-0.39, 0.29) is 11.7 Å². The normalized spacial score (nSPS) is 14.0. The maximum Gasteiger partial charge on any atom is 0.540 e. The van der Waals surface area contributed by atoms with E-state index in [4.69, 9.17) is 16.1 Å². The summed E-state index contributed by atoms with van der Waals surface area (Å²) < 4.78 is 31.8. The molecule has 3 aromatic rings. The molecule has 0 aliphatic heterocycles. The van der Waals surface area contributed by atoms with Crippen molar-refractivity contribution in [1.82, 2.24) is 4.98 Å². The van der Waals surface area contributed by atoms with Crippen LogP contribution >= 0.6 is 8.03 Å². The average molecular weight is 509 g/mol. The van der Waals surface area contributed by atoms with E-state index in [1.165, 1.54) is 12.1 Å². The first-order valence-electron chi connectivity index (χ1n) is 11.5. The minimum absolute atomic E-state index is 0.0512. The van der Waals surface area contributed by atoms with Gasteiger partial charge >= 0.3 is 19.2 Å². The minimum Gasteiger partial charge on any atom is -0.419 e. The van der Waals surface area contributed by atoms with Gasteiger partial charge in [-0.05, 0) is 53.0 Å². The highest BCUT2D eigenvalue weighted by molar-refractivity contribution is 7.42. The highest BCUT2D eigenvalue weighted by Gasteiger charge is 2.62. The summed E-state index contributed by atoms with van der Waals surface area (Å²) >= 11 is 0. The molecule has 1 aromatic heterocycles. The van der Waals surface area contributed by atoms with Crippen LogP contribution in [0.2, 0.25) is 0 Å². The van der Waals surface area contributed by atoms with E-state index in [1.807, 2.05) is 57.0 Å². The number of esters is 1. The topological polar surface area (TPSA) is 96.7 Å². The van der Waals surface area contributed by atoms with Crippen molar-refractivity contribution in [2.75, 3.05) is 0 Å². The van der Waals surface area contributed by atoms with Crippen molar-refractivity contribution in [2.24, 2.45) is 0 Å². The number of benzene rings is 2. The van der Waals surface area contributed by atoms with Crippen molar-refractivity contribution in [1.29, 1.82) is 0 Å². The summed E-state index contributed by atoms with van der Waals surface area (Å²) in [7, 11) is -3.35. The van der Waals surface area contributed by atoms with Crippen molar-refractivity contribution in [3.63, 3.8) is 0 Å². The first-order valence-corrected chi connectivity index (χ1v) is 12.7. The standard InChI is InChI=1S/C28H27FNO5P/c1-6-22-23(19-13-15-21(29)16-14-19)26(35-27(32)28(7-2,18(5)31)36(33)34)24(17(3)4)30-25(22)20-11-9-8-10-12-20/h2,8-18,31H,6H2,1,3-5H3/p+1. The minimum atomic E-state index is -3.35. The average Bonchev–Trinajstić information content (AvgIpc) is 2.84. The van der Waals surface area contributed by atoms with E-state index in [0.29, 0.717) is 28.9 Å². The number of aliphatic hydroxyl groups excluding tert-OH is 1. The van der Waals surface area contributed by atoms with E-state index >= 15 is 0 Å². The monoisotopic (exact) mass is 508 g/mol. The number of aliphatic hydroxyl groups is 1. The number of nitrogens with zero attached hydrogens (tertiary/aromatic N) is 1. The van der Waals surface area contributed by atoms with E-state index < -0.39 is 31.1 Å². The maximum atomic E-state index is 13.8.